The number of alkyl carbamates (subject to hydrolysis) is 1. The zero-order valence-electron chi connectivity index (χ0n) is 16.1. The first-order chi connectivity index (χ1) is 14.3. The molecule has 0 radical (unpaired) electrons. The van der Waals surface area contributed by atoms with Crippen LogP contribution in [0.1, 0.15) is 17.5 Å². The van der Waals surface area contributed by atoms with Gasteiger partial charge in [0.15, 0.2) is 0 Å². The molecule has 3 amide bonds. The largest absolute Gasteiger partial charge is 0.445 e. The molecular formula is C20H23BrN4O5. The van der Waals surface area contributed by atoms with Gasteiger partial charge in [0, 0.05) is 19.2 Å². The molecule has 2 rings (SSSR count). The van der Waals surface area contributed by atoms with Gasteiger partial charge in [-0.15, -0.1) is 0 Å². The monoisotopic (exact) mass is 478 g/mol. The lowest BCUT2D eigenvalue weighted by molar-refractivity contribution is -0.128. The number of carbonyl (C=O) groups excluding carboxylic acids is 3. The van der Waals surface area contributed by atoms with Crippen LogP contribution in [0.4, 0.5) is 4.79 Å². The normalized spacial score (nSPS) is 12.5. The Kier molecular flexibility index (Phi) is 9.23. The summed E-state index contributed by atoms with van der Waals surface area (Å²) in [5.74, 6) is -1.29. The number of benzene rings is 1. The van der Waals surface area contributed by atoms with E-state index in [-0.39, 0.29) is 26.0 Å². The number of ether oxygens (including phenoxy) is 1. The highest BCUT2D eigenvalue weighted by Gasteiger charge is 2.21. The summed E-state index contributed by atoms with van der Waals surface area (Å²) < 4.78 is 5.57. The van der Waals surface area contributed by atoms with E-state index < -0.39 is 30.1 Å². The molecule has 0 aliphatic carbocycles. The number of aromatic nitrogens is 1. The van der Waals surface area contributed by atoms with E-state index in [0.29, 0.717) is 10.2 Å². The maximum atomic E-state index is 12.1. The molecule has 9 nitrogen and oxygen atoms in total. The summed E-state index contributed by atoms with van der Waals surface area (Å²) in [5, 5.41) is 14.8. The number of primary amides is 1. The van der Waals surface area contributed by atoms with E-state index in [0.717, 1.165) is 5.56 Å². The van der Waals surface area contributed by atoms with Crippen molar-refractivity contribution in [3.8, 4) is 0 Å². The van der Waals surface area contributed by atoms with Gasteiger partial charge < -0.3 is 26.2 Å². The Morgan fingerprint density at radius 1 is 1.17 bits per heavy atom. The number of amides is 3. The molecule has 0 unspecified atom stereocenters. The van der Waals surface area contributed by atoms with Crippen LogP contribution in [0.15, 0.2) is 53.3 Å². The van der Waals surface area contributed by atoms with Crippen LogP contribution in [0, 0.1) is 0 Å². The molecule has 1 aromatic carbocycles. The third-order valence-electron chi connectivity index (χ3n) is 4.05. The average molecular weight is 479 g/mol. The van der Waals surface area contributed by atoms with Gasteiger partial charge in [0.1, 0.15) is 17.3 Å². The highest BCUT2D eigenvalue weighted by molar-refractivity contribution is 9.10. The SMILES string of the molecule is NC(=O)[C@H](Cc1cccnc1Br)NC(=O)C[C@@H](O)CNC(=O)OCc1ccccc1. The minimum absolute atomic E-state index is 0.0907. The summed E-state index contributed by atoms with van der Waals surface area (Å²) in [6.45, 7) is -0.0934. The smallest absolute Gasteiger partial charge is 0.407 e. The Hall–Kier alpha value is -2.98. The van der Waals surface area contributed by atoms with Gasteiger partial charge in [0.2, 0.25) is 11.8 Å². The Morgan fingerprint density at radius 2 is 1.90 bits per heavy atom. The summed E-state index contributed by atoms with van der Waals surface area (Å²) in [6.07, 6.45) is -0.464. The van der Waals surface area contributed by atoms with E-state index in [1.165, 1.54) is 0 Å². The number of hydrogen-bond donors (Lipinski definition) is 4. The second-order valence-corrected chi connectivity index (χ2v) is 7.23. The fourth-order valence-electron chi connectivity index (χ4n) is 2.53. The van der Waals surface area contributed by atoms with Crippen molar-refractivity contribution in [2.45, 2.75) is 31.6 Å². The van der Waals surface area contributed by atoms with Gasteiger partial charge >= 0.3 is 6.09 Å². The number of aliphatic hydroxyl groups excluding tert-OH is 1. The van der Waals surface area contributed by atoms with Crippen molar-refractivity contribution >= 4 is 33.8 Å². The van der Waals surface area contributed by atoms with Crippen LogP contribution in [0.2, 0.25) is 0 Å². The van der Waals surface area contributed by atoms with E-state index in [2.05, 4.69) is 31.5 Å². The van der Waals surface area contributed by atoms with Crippen LogP contribution in [0.5, 0.6) is 0 Å². The lowest BCUT2D eigenvalue weighted by Crippen LogP contribution is -2.47. The molecule has 0 aliphatic heterocycles. The maximum absolute atomic E-state index is 12.1. The second-order valence-electron chi connectivity index (χ2n) is 6.48. The van der Waals surface area contributed by atoms with Crippen molar-refractivity contribution in [1.29, 1.82) is 0 Å². The van der Waals surface area contributed by atoms with E-state index in [1.807, 2.05) is 30.3 Å². The third kappa shape index (κ3) is 8.18. The van der Waals surface area contributed by atoms with Crippen LogP contribution >= 0.6 is 15.9 Å². The first kappa shape index (κ1) is 23.3. The number of hydrogen-bond acceptors (Lipinski definition) is 6. The molecule has 1 aromatic heterocycles. The molecule has 0 bridgehead atoms. The predicted octanol–water partition coefficient (Wildman–Crippen LogP) is 1.03. The van der Waals surface area contributed by atoms with Gasteiger partial charge in [-0.1, -0.05) is 36.4 Å². The lowest BCUT2D eigenvalue weighted by atomic mass is 10.1. The first-order valence-corrected chi connectivity index (χ1v) is 9.95. The third-order valence-corrected chi connectivity index (χ3v) is 4.77. The molecule has 2 atom stereocenters. The highest BCUT2D eigenvalue weighted by Crippen LogP contribution is 2.14. The molecule has 0 saturated carbocycles. The number of nitrogens with zero attached hydrogens (tertiary/aromatic N) is 1. The number of halogens is 1. The lowest BCUT2D eigenvalue weighted by Gasteiger charge is -2.18. The van der Waals surface area contributed by atoms with E-state index >= 15 is 0 Å². The van der Waals surface area contributed by atoms with Crippen LogP contribution in [-0.4, -0.2) is 46.7 Å². The molecule has 30 heavy (non-hydrogen) atoms. The van der Waals surface area contributed by atoms with Crippen LogP contribution < -0.4 is 16.4 Å². The summed E-state index contributed by atoms with van der Waals surface area (Å²) >= 11 is 3.27. The number of nitrogens with one attached hydrogen (secondary N) is 2. The maximum Gasteiger partial charge on any atom is 0.407 e. The van der Waals surface area contributed by atoms with Crippen molar-refractivity contribution in [3.05, 3.63) is 64.4 Å². The van der Waals surface area contributed by atoms with Gasteiger partial charge in [-0.3, -0.25) is 9.59 Å². The van der Waals surface area contributed by atoms with Gasteiger partial charge in [-0.2, -0.15) is 0 Å². The number of carbonyl (C=O) groups is 3. The molecule has 160 valence electrons. The molecule has 0 fully saturated rings. The average Bonchev–Trinajstić information content (AvgIpc) is 2.72. The molecule has 0 aliphatic rings. The number of aliphatic hydroxyl groups is 1. The Morgan fingerprint density at radius 3 is 2.57 bits per heavy atom. The van der Waals surface area contributed by atoms with Crippen molar-refractivity contribution in [3.63, 3.8) is 0 Å². The Bertz CT molecular complexity index is 865. The topological polar surface area (TPSA) is 144 Å². The molecule has 10 heteroatoms. The zero-order chi connectivity index (χ0) is 21.9. The highest BCUT2D eigenvalue weighted by atomic mass is 79.9. The summed E-state index contributed by atoms with van der Waals surface area (Å²) in [7, 11) is 0. The fourth-order valence-corrected chi connectivity index (χ4v) is 2.94. The molecule has 1 heterocycles. The standard InChI is InChI=1S/C20H23BrN4O5/c21-18-14(7-4-8-23-18)9-16(19(22)28)25-17(27)10-15(26)11-24-20(29)30-12-13-5-2-1-3-6-13/h1-8,15-16,26H,9-12H2,(H2,22,28)(H,24,29)(H,25,27)/t15-,16+/m1/s1. The predicted molar refractivity (Wildman–Crippen MR) is 112 cm³/mol. The van der Waals surface area contributed by atoms with E-state index in [1.54, 1.807) is 18.3 Å². The number of pyridine rings is 1. The zero-order valence-corrected chi connectivity index (χ0v) is 17.7. The quantitative estimate of drug-likeness (QED) is 0.375. The van der Waals surface area contributed by atoms with Crippen molar-refractivity contribution in [2.75, 3.05) is 6.54 Å². The van der Waals surface area contributed by atoms with Crippen molar-refractivity contribution < 1.29 is 24.2 Å². The molecule has 2 aromatic rings. The number of rotatable bonds is 10. The molecule has 5 N–H and O–H groups in total. The van der Waals surface area contributed by atoms with Gasteiger partial charge in [-0.05, 0) is 33.1 Å². The van der Waals surface area contributed by atoms with Gasteiger partial charge in [0.05, 0.1) is 12.5 Å². The minimum atomic E-state index is -1.16. The van der Waals surface area contributed by atoms with Gasteiger partial charge in [-0.25, -0.2) is 9.78 Å². The van der Waals surface area contributed by atoms with Crippen LogP contribution in [0.3, 0.4) is 0 Å². The Balaban J connectivity index is 1.74. The summed E-state index contributed by atoms with van der Waals surface area (Å²) in [4.78, 5) is 39.6. The molecule has 0 spiro atoms. The molecule has 0 saturated heterocycles. The van der Waals surface area contributed by atoms with Crippen LogP contribution in [0.25, 0.3) is 0 Å². The minimum Gasteiger partial charge on any atom is -0.445 e. The second kappa shape index (κ2) is 11.9. The van der Waals surface area contributed by atoms with Gasteiger partial charge in [0.25, 0.3) is 0 Å². The van der Waals surface area contributed by atoms with Crippen molar-refractivity contribution in [1.82, 2.24) is 15.6 Å². The van der Waals surface area contributed by atoms with Crippen LogP contribution in [-0.2, 0) is 27.4 Å². The first-order valence-electron chi connectivity index (χ1n) is 9.16. The van der Waals surface area contributed by atoms with Crippen molar-refractivity contribution in [2.24, 2.45) is 5.73 Å². The summed E-state index contributed by atoms with van der Waals surface area (Å²) in [6, 6.07) is 11.6. The molecular weight excluding hydrogens is 456 g/mol. The fraction of sp³-hybridized carbons (Fsp3) is 0.300. The summed E-state index contributed by atoms with van der Waals surface area (Å²) in [5.41, 5.74) is 6.89. The Labute approximate surface area is 182 Å². The van der Waals surface area contributed by atoms with E-state index in [9.17, 15) is 19.5 Å². The van der Waals surface area contributed by atoms with E-state index in [4.69, 9.17) is 10.5 Å². The number of nitrogens with two attached hydrogens (primary N) is 1.